The molecule has 128 valence electrons. The van der Waals surface area contributed by atoms with Crippen molar-refractivity contribution in [1.29, 1.82) is 0 Å². The standard InChI is InChI=1S/C17H21N3O4/c1-11(2)9-19-15(22)16(23)20(17(19)24)10-14(21)18-12(3)13-7-5-4-6-8-13/h4-8,11-12H,9-10H2,1-3H3,(H,18,21). The van der Waals surface area contributed by atoms with Gasteiger partial charge in [0.05, 0.1) is 6.04 Å². The summed E-state index contributed by atoms with van der Waals surface area (Å²) < 4.78 is 0. The van der Waals surface area contributed by atoms with Gasteiger partial charge in [0.1, 0.15) is 6.54 Å². The maximum Gasteiger partial charge on any atom is 0.334 e. The number of benzene rings is 1. The minimum atomic E-state index is -0.955. The molecule has 0 aliphatic carbocycles. The quantitative estimate of drug-likeness (QED) is 0.629. The zero-order valence-electron chi connectivity index (χ0n) is 14.0. The van der Waals surface area contributed by atoms with Crippen molar-refractivity contribution in [3.8, 4) is 0 Å². The summed E-state index contributed by atoms with van der Waals surface area (Å²) in [7, 11) is 0. The molecule has 1 fully saturated rings. The first-order valence-electron chi connectivity index (χ1n) is 7.83. The third kappa shape index (κ3) is 3.79. The summed E-state index contributed by atoms with van der Waals surface area (Å²) in [6, 6.07) is 8.31. The van der Waals surface area contributed by atoms with Gasteiger partial charge in [-0.05, 0) is 18.4 Å². The van der Waals surface area contributed by atoms with E-state index in [4.69, 9.17) is 0 Å². The Hall–Kier alpha value is -2.70. The van der Waals surface area contributed by atoms with Gasteiger partial charge in [-0.1, -0.05) is 44.2 Å². The van der Waals surface area contributed by atoms with Crippen molar-refractivity contribution in [2.75, 3.05) is 13.1 Å². The predicted octanol–water partition coefficient (Wildman–Crippen LogP) is 1.31. The lowest BCUT2D eigenvalue weighted by atomic mass is 10.1. The molecule has 1 aromatic rings. The van der Waals surface area contributed by atoms with E-state index in [1.807, 2.05) is 44.2 Å². The molecule has 0 radical (unpaired) electrons. The maximum atomic E-state index is 12.2. The average molecular weight is 331 g/mol. The van der Waals surface area contributed by atoms with E-state index in [1.165, 1.54) is 0 Å². The van der Waals surface area contributed by atoms with Crippen molar-refractivity contribution in [2.45, 2.75) is 26.8 Å². The van der Waals surface area contributed by atoms with Gasteiger partial charge >= 0.3 is 17.8 Å². The topological polar surface area (TPSA) is 86.8 Å². The zero-order chi connectivity index (χ0) is 17.9. The fourth-order valence-electron chi connectivity index (χ4n) is 2.47. The molecule has 7 heteroatoms. The summed E-state index contributed by atoms with van der Waals surface area (Å²) in [6.07, 6.45) is 0. The van der Waals surface area contributed by atoms with Crippen LogP contribution in [0.25, 0.3) is 0 Å². The summed E-state index contributed by atoms with van der Waals surface area (Å²) in [6.45, 7) is 5.16. The highest BCUT2D eigenvalue weighted by Crippen LogP contribution is 2.15. The van der Waals surface area contributed by atoms with Crippen molar-refractivity contribution in [3.05, 3.63) is 35.9 Å². The highest BCUT2D eigenvalue weighted by molar-refractivity contribution is 6.45. The number of hydrogen-bond donors (Lipinski definition) is 1. The van der Waals surface area contributed by atoms with Gasteiger partial charge in [0, 0.05) is 6.54 Å². The number of hydrogen-bond acceptors (Lipinski definition) is 4. The number of urea groups is 1. The van der Waals surface area contributed by atoms with Crippen LogP contribution in [-0.2, 0) is 14.4 Å². The van der Waals surface area contributed by atoms with E-state index >= 15 is 0 Å². The molecule has 1 aromatic carbocycles. The van der Waals surface area contributed by atoms with Crippen LogP contribution in [0.2, 0.25) is 0 Å². The van der Waals surface area contributed by atoms with Gasteiger partial charge in [-0.3, -0.25) is 19.3 Å². The van der Waals surface area contributed by atoms with Crippen LogP contribution in [0.1, 0.15) is 32.4 Å². The highest BCUT2D eigenvalue weighted by atomic mass is 16.2. The molecule has 1 N–H and O–H groups in total. The first-order valence-corrected chi connectivity index (χ1v) is 7.83. The van der Waals surface area contributed by atoms with Crippen LogP contribution in [0.4, 0.5) is 4.79 Å². The van der Waals surface area contributed by atoms with E-state index in [-0.39, 0.29) is 18.5 Å². The van der Waals surface area contributed by atoms with Crippen LogP contribution in [0.15, 0.2) is 30.3 Å². The molecular formula is C17H21N3O4. The van der Waals surface area contributed by atoms with E-state index < -0.39 is 30.3 Å². The van der Waals surface area contributed by atoms with Crippen LogP contribution >= 0.6 is 0 Å². The largest absolute Gasteiger partial charge is 0.348 e. The molecule has 5 amide bonds. The number of imide groups is 2. The highest BCUT2D eigenvalue weighted by Gasteiger charge is 2.45. The monoisotopic (exact) mass is 331 g/mol. The molecule has 2 rings (SSSR count). The molecule has 1 unspecified atom stereocenters. The molecule has 1 atom stereocenters. The summed E-state index contributed by atoms with van der Waals surface area (Å²) in [5.41, 5.74) is 0.905. The Balaban J connectivity index is 2.00. The van der Waals surface area contributed by atoms with Gasteiger partial charge in [-0.2, -0.15) is 0 Å². The van der Waals surface area contributed by atoms with Crippen LogP contribution in [0, 0.1) is 5.92 Å². The average Bonchev–Trinajstić information content (AvgIpc) is 2.73. The molecule has 7 nitrogen and oxygen atoms in total. The van der Waals surface area contributed by atoms with Crippen LogP contribution in [-0.4, -0.2) is 46.6 Å². The van der Waals surface area contributed by atoms with Gasteiger partial charge in [0.25, 0.3) is 0 Å². The first kappa shape index (κ1) is 17.7. The second kappa shape index (κ2) is 7.25. The van der Waals surface area contributed by atoms with Crippen molar-refractivity contribution < 1.29 is 19.2 Å². The first-order chi connectivity index (χ1) is 11.3. The number of carbonyl (C=O) groups is 4. The summed E-state index contributed by atoms with van der Waals surface area (Å²) in [4.78, 5) is 49.7. The second-order valence-corrected chi connectivity index (χ2v) is 6.18. The Morgan fingerprint density at radius 1 is 1.00 bits per heavy atom. The smallest absolute Gasteiger partial charge is 0.334 e. The normalized spacial score (nSPS) is 16.1. The summed E-state index contributed by atoms with van der Waals surface area (Å²) >= 11 is 0. The van der Waals surface area contributed by atoms with Gasteiger partial charge in [-0.25, -0.2) is 9.69 Å². The van der Waals surface area contributed by atoms with Gasteiger partial charge < -0.3 is 5.32 Å². The zero-order valence-corrected chi connectivity index (χ0v) is 14.0. The van der Waals surface area contributed by atoms with E-state index in [9.17, 15) is 19.2 Å². The molecular weight excluding hydrogens is 310 g/mol. The van der Waals surface area contributed by atoms with E-state index in [0.717, 1.165) is 10.5 Å². The minimum Gasteiger partial charge on any atom is -0.348 e. The lowest BCUT2D eigenvalue weighted by Gasteiger charge is -2.18. The molecule has 1 heterocycles. The molecule has 1 aliphatic heterocycles. The lowest BCUT2D eigenvalue weighted by Crippen LogP contribution is -2.42. The van der Waals surface area contributed by atoms with Crippen molar-refractivity contribution >= 4 is 23.8 Å². The van der Waals surface area contributed by atoms with Crippen LogP contribution in [0.3, 0.4) is 0 Å². The van der Waals surface area contributed by atoms with Crippen molar-refractivity contribution in [1.82, 2.24) is 15.1 Å². The van der Waals surface area contributed by atoms with Gasteiger partial charge in [-0.15, -0.1) is 0 Å². The molecule has 0 aromatic heterocycles. The second-order valence-electron chi connectivity index (χ2n) is 6.18. The summed E-state index contributed by atoms with van der Waals surface area (Å²) in [5.74, 6) is -2.29. The molecule has 1 aliphatic rings. The predicted molar refractivity (Wildman–Crippen MR) is 86.7 cm³/mol. The Labute approximate surface area is 140 Å². The third-order valence-electron chi connectivity index (χ3n) is 3.66. The lowest BCUT2D eigenvalue weighted by molar-refractivity contribution is -0.144. The fraction of sp³-hybridized carbons (Fsp3) is 0.412. The minimum absolute atomic E-state index is 0.0394. The number of carbonyl (C=O) groups excluding carboxylic acids is 4. The molecule has 24 heavy (non-hydrogen) atoms. The summed E-state index contributed by atoms with van der Waals surface area (Å²) in [5, 5.41) is 2.72. The number of amides is 5. The maximum absolute atomic E-state index is 12.2. The van der Waals surface area contributed by atoms with Crippen molar-refractivity contribution in [3.63, 3.8) is 0 Å². The van der Waals surface area contributed by atoms with E-state index in [1.54, 1.807) is 6.92 Å². The number of rotatable bonds is 6. The molecule has 0 saturated carbocycles. The number of nitrogens with zero attached hydrogens (tertiary/aromatic N) is 2. The van der Waals surface area contributed by atoms with Gasteiger partial charge in [0.2, 0.25) is 5.91 Å². The van der Waals surface area contributed by atoms with Gasteiger partial charge in [0.15, 0.2) is 0 Å². The fourth-order valence-corrected chi connectivity index (χ4v) is 2.47. The Bertz CT molecular complexity index is 657. The van der Waals surface area contributed by atoms with E-state index in [2.05, 4.69) is 5.32 Å². The number of nitrogens with one attached hydrogen (secondary N) is 1. The third-order valence-corrected chi connectivity index (χ3v) is 3.66. The van der Waals surface area contributed by atoms with Crippen LogP contribution in [0.5, 0.6) is 0 Å². The Morgan fingerprint density at radius 2 is 1.58 bits per heavy atom. The molecule has 0 bridgehead atoms. The van der Waals surface area contributed by atoms with E-state index in [0.29, 0.717) is 4.90 Å². The van der Waals surface area contributed by atoms with Crippen LogP contribution < -0.4 is 5.32 Å². The molecule has 0 spiro atoms. The van der Waals surface area contributed by atoms with Crippen molar-refractivity contribution in [2.24, 2.45) is 5.92 Å². The Kier molecular flexibility index (Phi) is 5.33. The Morgan fingerprint density at radius 3 is 2.17 bits per heavy atom. The SMILES string of the molecule is CC(C)CN1C(=O)C(=O)N(CC(=O)NC(C)c2ccccc2)C1=O. The molecule has 1 saturated heterocycles.